The highest BCUT2D eigenvalue weighted by molar-refractivity contribution is 6.00. The second-order valence-corrected chi connectivity index (χ2v) is 4.73. The van der Waals surface area contributed by atoms with Crippen LogP contribution in [-0.4, -0.2) is 16.1 Å². The van der Waals surface area contributed by atoms with Crippen molar-refractivity contribution >= 4 is 11.7 Å². The zero-order valence-corrected chi connectivity index (χ0v) is 11.1. The van der Waals surface area contributed by atoms with Crippen LogP contribution in [0.5, 0.6) is 0 Å². The van der Waals surface area contributed by atoms with Gasteiger partial charge in [-0.1, -0.05) is 38.1 Å². The van der Waals surface area contributed by atoms with E-state index in [1.54, 1.807) is 0 Å². The maximum atomic E-state index is 11.2. The molecule has 0 saturated heterocycles. The molecule has 2 rings (SSSR count). The highest BCUT2D eigenvalue weighted by Crippen LogP contribution is 2.28. The molecule has 1 atom stereocenters. The molecule has 1 aromatic heterocycles. The second-order valence-electron chi connectivity index (χ2n) is 4.73. The number of nitrogens with one attached hydrogen (secondary N) is 1. The Morgan fingerprint density at radius 1 is 1.37 bits per heavy atom. The van der Waals surface area contributed by atoms with Crippen molar-refractivity contribution in [2.45, 2.75) is 26.2 Å². The van der Waals surface area contributed by atoms with Crippen LogP contribution in [0, 0.1) is 0 Å². The highest BCUT2D eigenvalue weighted by Gasteiger charge is 2.17. The fraction of sp³-hybridized carbons (Fsp3) is 0.267. The maximum Gasteiger partial charge on any atom is 0.340 e. The molecule has 100 valence electrons. The predicted octanol–water partition coefficient (Wildman–Crippen LogP) is 3.48. The molecule has 4 nitrogen and oxygen atoms in total. The van der Waals surface area contributed by atoms with Gasteiger partial charge in [0.2, 0.25) is 0 Å². The van der Waals surface area contributed by atoms with E-state index in [4.69, 9.17) is 5.73 Å². The van der Waals surface area contributed by atoms with Crippen molar-refractivity contribution in [1.29, 1.82) is 0 Å². The first-order valence-corrected chi connectivity index (χ1v) is 6.35. The second kappa shape index (κ2) is 5.18. The Morgan fingerprint density at radius 2 is 2.00 bits per heavy atom. The van der Waals surface area contributed by atoms with Crippen molar-refractivity contribution in [3.63, 3.8) is 0 Å². The van der Waals surface area contributed by atoms with Gasteiger partial charge >= 0.3 is 5.97 Å². The van der Waals surface area contributed by atoms with E-state index in [0.29, 0.717) is 11.6 Å². The fourth-order valence-electron chi connectivity index (χ4n) is 2.11. The molecule has 2 aromatic rings. The number of H-pyrrole nitrogens is 1. The quantitative estimate of drug-likeness (QED) is 0.785. The molecule has 0 saturated carbocycles. The van der Waals surface area contributed by atoms with Gasteiger partial charge in [0.25, 0.3) is 0 Å². The maximum absolute atomic E-state index is 11.2. The Morgan fingerprint density at radius 3 is 2.53 bits per heavy atom. The van der Waals surface area contributed by atoms with Gasteiger partial charge in [-0.2, -0.15) is 0 Å². The number of hydrogen-bond acceptors (Lipinski definition) is 2. The molecule has 1 aromatic carbocycles. The molecule has 0 aliphatic carbocycles. The van der Waals surface area contributed by atoms with Crippen LogP contribution < -0.4 is 5.73 Å². The summed E-state index contributed by atoms with van der Waals surface area (Å²) >= 11 is 0. The summed E-state index contributed by atoms with van der Waals surface area (Å²) in [6, 6.07) is 7.93. The van der Waals surface area contributed by atoms with E-state index in [1.807, 2.05) is 24.3 Å². The number of carboxylic acids is 1. The SMILES string of the molecule is CCC(C)c1ccc(-c2[nH]cc(N)c2C(=O)O)cc1. The Bertz CT molecular complexity index is 585. The van der Waals surface area contributed by atoms with Gasteiger partial charge in [0.05, 0.1) is 11.4 Å². The standard InChI is InChI=1S/C15H18N2O2/c1-3-9(2)10-4-6-11(7-5-10)14-13(15(18)19)12(16)8-17-14/h4-9,17H,3,16H2,1-2H3,(H,18,19). The Balaban J connectivity index is 2.40. The van der Waals surface area contributed by atoms with Gasteiger partial charge < -0.3 is 15.8 Å². The summed E-state index contributed by atoms with van der Waals surface area (Å²) in [7, 11) is 0. The minimum Gasteiger partial charge on any atom is -0.478 e. The average Bonchev–Trinajstić information content (AvgIpc) is 2.80. The largest absolute Gasteiger partial charge is 0.478 e. The number of anilines is 1. The zero-order valence-electron chi connectivity index (χ0n) is 11.1. The molecule has 0 amide bonds. The first kappa shape index (κ1) is 13.2. The van der Waals surface area contributed by atoms with Gasteiger partial charge in [0.1, 0.15) is 5.56 Å². The van der Waals surface area contributed by atoms with Crippen LogP contribution >= 0.6 is 0 Å². The third-order valence-corrected chi connectivity index (χ3v) is 3.51. The number of hydrogen-bond donors (Lipinski definition) is 3. The minimum atomic E-state index is -1.01. The van der Waals surface area contributed by atoms with E-state index in [1.165, 1.54) is 11.8 Å². The van der Waals surface area contributed by atoms with Crippen LogP contribution in [0.3, 0.4) is 0 Å². The summed E-state index contributed by atoms with van der Waals surface area (Å²) in [5, 5.41) is 9.18. The van der Waals surface area contributed by atoms with Crippen LogP contribution in [-0.2, 0) is 0 Å². The van der Waals surface area contributed by atoms with Gasteiger partial charge in [-0.05, 0) is 23.5 Å². The molecule has 0 radical (unpaired) electrons. The Kier molecular flexibility index (Phi) is 3.60. The van der Waals surface area contributed by atoms with Crippen LogP contribution in [0.4, 0.5) is 5.69 Å². The lowest BCUT2D eigenvalue weighted by atomic mass is 9.96. The lowest BCUT2D eigenvalue weighted by molar-refractivity contribution is 0.0699. The molecule has 0 fully saturated rings. The molecule has 1 heterocycles. The molecule has 0 bridgehead atoms. The molecule has 0 aliphatic heterocycles. The van der Waals surface area contributed by atoms with Crippen molar-refractivity contribution < 1.29 is 9.90 Å². The van der Waals surface area contributed by atoms with Gasteiger partial charge in [-0.3, -0.25) is 0 Å². The lowest BCUT2D eigenvalue weighted by Gasteiger charge is -2.09. The van der Waals surface area contributed by atoms with Crippen molar-refractivity contribution in [3.05, 3.63) is 41.6 Å². The number of rotatable bonds is 4. The van der Waals surface area contributed by atoms with E-state index in [9.17, 15) is 9.90 Å². The van der Waals surface area contributed by atoms with E-state index in [0.717, 1.165) is 12.0 Å². The van der Waals surface area contributed by atoms with E-state index in [2.05, 4.69) is 18.8 Å². The smallest absolute Gasteiger partial charge is 0.340 e. The summed E-state index contributed by atoms with van der Waals surface area (Å²) in [4.78, 5) is 14.1. The number of carbonyl (C=O) groups is 1. The van der Waals surface area contributed by atoms with Gasteiger partial charge in [-0.25, -0.2) is 4.79 Å². The molecule has 19 heavy (non-hydrogen) atoms. The molecule has 4 heteroatoms. The monoisotopic (exact) mass is 258 g/mol. The van der Waals surface area contributed by atoms with E-state index < -0.39 is 5.97 Å². The molecule has 0 spiro atoms. The molecule has 0 aliphatic rings. The minimum absolute atomic E-state index is 0.135. The third kappa shape index (κ3) is 2.47. The fourth-order valence-corrected chi connectivity index (χ4v) is 2.11. The van der Waals surface area contributed by atoms with Gasteiger partial charge in [0.15, 0.2) is 0 Å². The summed E-state index contributed by atoms with van der Waals surface area (Å²) < 4.78 is 0. The number of benzene rings is 1. The summed E-state index contributed by atoms with van der Waals surface area (Å²) in [6.45, 7) is 4.32. The predicted molar refractivity (Wildman–Crippen MR) is 76.3 cm³/mol. The molecular formula is C15H18N2O2. The number of aromatic carboxylic acids is 1. The van der Waals surface area contributed by atoms with Crippen molar-refractivity contribution in [2.24, 2.45) is 0 Å². The number of aromatic amines is 1. The van der Waals surface area contributed by atoms with Crippen LogP contribution in [0.1, 0.15) is 42.1 Å². The topological polar surface area (TPSA) is 79.1 Å². The van der Waals surface area contributed by atoms with Crippen LogP contribution in [0.15, 0.2) is 30.5 Å². The average molecular weight is 258 g/mol. The number of nitrogens with two attached hydrogens (primary N) is 1. The van der Waals surface area contributed by atoms with Crippen molar-refractivity contribution in [2.75, 3.05) is 5.73 Å². The Hall–Kier alpha value is -2.23. The number of aromatic nitrogens is 1. The normalized spacial score (nSPS) is 12.3. The van der Waals surface area contributed by atoms with Gasteiger partial charge in [-0.15, -0.1) is 0 Å². The Labute approximate surface area is 112 Å². The first-order valence-electron chi connectivity index (χ1n) is 6.35. The zero-order chi connectivity index (χ0) is 14.0. The van der Waals surface area contributed by atoms with Crippen molar-refractivity contribution in [3.8, 4) is 11.3 Å². The summed E-state index contributed by atoms with van der Waals surface area (Å²) in [5.74, 6) is -0.513. The number of carboxylic acid groups (broad SMARTS) is 1. The third-order valence-electron chi connectivity index (χ3n) is 3.51. The molecular weight excluding hydrogens is 240 g/mol. The van der Waals surface area contributed by atoms with Crippen LogP contribution in [0.2, 0.25) is 0 Å². The van der Waals surface area contributed by atoms with Crippen molar-refractivity contribution in [1.82, 2.24) is 4.98 Å². The lowest BCUT2D eigenvalue weighted by Crippen LogP contribution is -2.01. The van der Waals surface area contributed by atoms with Gasteiger partial charge in [0, 0.05) is 6.20 Å². The highest BCUT2D eigenvalue weighted by atomic mass is 16.4. The summed E-state index contributed by atoms with van der Waals surface area (Å²) in [6.07, 6.45) is 2.59. The molecule has 1 unspecified atom stereocenters. The number of nitrogen functional groups attached to an aromatic ring is 1. The van der Waals surface area contributed by atoms with Crippen LogP contribution in [0.25, 0.3) is 11.3 Å². The first-order chi connectivity index (χ1) is 9.04. The van der Waals surface area contributed by atoms with E-state index in [-0.39, 0.29) is 11.3 Å². The van der Waals surface area contributed by atoms with E-state index >= 15 is 0 Å². The molecule has 4 N–H and O–H groups in total. The summed E-state index contributed by atoms with van der Waals surface area (Å²) in [5.41, 5.74) is 8.70.